The van der Waals surface area contributed by atoms with Gasteiger partial charge in [-0.15, -0.1) is 0 Å². The molecule has 158 valence electrons. The third kappa shape index (κ3) is 5.97. The minimum absolute atomic E-state index is 0.126. The van der Waals surface area contributed by atoms with Crippen LogP contribution in [0.25, 0.3) is 0 Å². The zero-order valence-electron chi connectivity index (χ0n) is 17.1. The molecule has 0 radical (unpaired) electrons. The standard InChI is InChI=1S/C24H25BrFNO3/c1-28-20-9-7-17(8-10-20)11-12-27-15-18-13-21(25)24(23(14-18)29-2)30-16-19-5-3-4-6-22(19)26/h3-10,13-14,27H,11-12,15-16H2,1-2H3. The van der Waals surface area contributed by atoms with Crippen LogP contribution in [0.1, 0.15) is 16.7 Å². The summed E-state index contributed by atoms with van der Waals surface area (Å²) in [7, 11) is 3.26. The van der Waals surface area contributed by atoms with E-state index in [0.29, 0.717) is 23.6 Å². The number of benzene rings is 3. The normalized spacial score (nSPS) is 10.7. The molecule has 3 rings (SSSR count). The maximum Gasteiger partial charge on any atom is 0.175 e. The molecule has 0 atom stereocenters. The lowest BCUT2D eigenvalue weighted by Crippen LogP contribution is -2.16. The van der Waals surface area contributed by atoms with Gasteiger partial charge in [-0.2, -0.15) is 0 Å². The lowest BCUT2D eigenvalue weighted by molar-refractivity contribution is 0.277. The lowest BCUT2D eigenvalue weighted by Gasteiger charge is -2.15. The summed E-state index contributed by atoms with van der Waals surface area (Å²) >= 11 is 3.55. The van der Waals surface area contributed by atoms with E-state index in [1.165, 1.54) is 11.6 Å². The SMILES string of the molecule is COc1ccc(CCNCc2cc(Br)c(OCc3ccccc3F)c(OC)c2)cc1. The minimum Gasteiger partial charge on any atom is -0.497 e. The van der Waals surface area contributed by atoms with Gasteiger partial charge in [0.05, 0.1) is 18.7 Å². The summed E-state index contributed by atoms with van der Waals surface area (Å²) in [5.41, 5.74) is 2.81. The summed E-state index contributed by atoms with van der Waals surface area (Å²) in [6, 6.07) is 18.6. The van der Waals surface area contributed by atoms with E-state index in [9.17, 15) is 4.39 Å². The van der Waals surface area contributed by atoms with Gasteiger partial charge >= 0.3 is 0 Å². The smallest absolute Gasteiger partial charge is 0.175 e. The summed E-state index contributed by atoms with van der Waals surface area (Å²) in [4.78, 5) is 0. The summed E-state index contributed by atoms with van der Waals surface area (Å²) in [5, 5.41) is 3.44. The maximum atomic E-state index is 13.8. The van der Waals surface area contributed by atoms with Gasteiger partial charge in [0.15, 0.2) is 11.5 Å². The molecule has 0 aliphatic carbocycles. The Kier molecular flexibility index (Phi) is 8.11. The third-order valence-corrected chi connectivity index (χ3v) is 5.29. The number of hydrogen-bond donors (Lipinski definition) is 1. The van der Waals surface area contributed by atoms with E-state index in [1.807, 2.05) is 24.3 Å². The Morgan fingerprint density at radius 2 is 1.70 bits per heavy atom. The van der Waals surface area contributed by atoms with E-state index in [2.05, 4.69) is 33.4 Å². The van der Waals surface area contributed by atoms with E-state index in [1.54, 1.807) is 32.4 Å². The van der Waals surface area contributed by atoms with Gasteiger partial charge in [-0.05, 0) is 70.4 Å². The molecule has 0 spiro atoms. The molecule has 0 saturated heterocycles. The van der Waals surface area contributed by atoms with Crippen LogP contribution in [0.2, 0.25) is 0 Å². The molecule has 0 aliphatic rings. The van der Waals surface area contributed by atoms with Crippen molar-refractivity contribution < 1.29 is 18.6 Å². The van der Waals surface area contributed by atoms with E-state index in [-0.39, 0.29) is 12.4 Å². The van der Waals surface area contributed by atoms with E-state index >= 15 is 0 Å². The zero-order valence-corrected chi connectivity index (χ0v) is 18.7. The van der Waals surface area contributed by atoms with Crippen LogP contribution >= 0.6 is 15.9 Å². The first-order valence-electron chi connectivity index (χ1n) is 9.67. The van der Waals surface area contributed by atoms with Crippen molar-refractivity contribution in [2.24, 2.45) is 0 Å². The van der Waals surface area contributed by atoms with Gasteiger partial charge in [-0.1, -0.05) is 30.3 Å². The lowest BCUT2D eigenvalue weighted by atomic mass is 10.1. The van der Waals surface area contributed by atoms with Gasteiger partial charge in [-0.25, -0.2) is 4.39 Å². The van der Waals surface area contributed by atoms with Crippen molar-refractivity contribution in [2.75, 3.05) is 20.8 Å². The third-order valence-electron chi connectivity index (χ3n) is 4.70. The second kappa shape index (κ2) is 11.0. The van der Waals surface area contributed by atoms with Crippen molar-refractivity contribution in [3.05, 3.63) is 87.6 Å². The summed E-state index contributed by atoms with van der Waals surface area (Å²) in [6.45, 7) is 1.66. The van der Waals surface area contributed by atoms with Crippen molar-refractivity contribution >= 4 is 15.9 Å². The van der Waals surface area contributed by atoms with Gasteiger partial charge in [0, 0.05) is 12.1 Å². The van der Waals surface area contributed by atoms with Gasteiger partial charge in [0.25, 0.3) is 0 Å². The highest BCUT2D eigenvalue weighted by molar-refractivity contribution is 9.10. The summed E-state index contributed by atoms with van der Waals surface area (Å²) in [5.74, 6) is 1.74. The molecule has 0 aliphatic heterocycles. The van der Waals surface area contributed by atoms with Crippen molar-refractivity contribution in [3.8, 4) is 17.2 Å². The molecule has 0 fully saturated rings. The first-order chi connectivity index (χ1) is 14.6. The van der Waals surface area contributed by atoms with Gasteiger partial charge < -0.3 is 19.5 Å². The quantitative estimate of drug-likeness (QED) is 0.393. The Morgan fingerprint density at radius 1 is 0.933 bits per heavy atom. The largest absolute Gasteiger partial charge is 0.497 e. The fraction of sp³-hybridized carbons (Fsp3) is 0.250. The molecule has 0 heterocycles. The monoisotopic (exact) mass is 473 g/mol. The van der Waals surface area contributed by atoms with Crippen LogP contribution in [0, 0.1) is 5.82 Å². The second-order valence-electron chi connectivity index (χ2n) is 6.76. The molecule has 0 saturated carbocycles. The number of nitrogens with one attached hydrogen (secondary N) is 1. The van der Waals surface area contributed by atoms with E-state index in [0.717, 1.165) is 28.8 Å². The molecule has 6 heteroatoms. The Labute approximate surface area is 185 Å². The predicted octanol–water partition coefficient (Wildman–Crippen LogP) is 5.52. The maximum absolute atomic E-state index is 13.8. The fourth-order valence-corrected chi connectivity index (χ4v) is 3.64. The van der Waals surface area contributed by atoms with Crippen molar-refractivity contribution in [1.82, 2.24) is 5.32 Å². The topological polar surface area (TPSA) is 39.7 Å². The number of hydrogen-bond acceptors (Lipinski definition) is 4. The van der Waals surface area contributed by atoms with Gasteiger partial charge in [0.2, 0.25) is 0 Å². The second-order valence-corrected chi connectivity index (χ2v) is 7.62. The summed E-state index contributed by atoms with van der Waals surface area (Å²) < 4.78 is 31.1. The fourth-order valence-electron chi connectivity index (χ4n) is 3.04. The highest BCUT2D eigenvalue weighted by Gasteiger charge is 2.13. The minimum atomic E-state index is -0.287. The Morgan fingerprint density at radius 3 is 2.40 bits per heavy atom. The average molecular weight is 474 g/mol. The Hall–Kier alpha value is -2.57. The Bertz CT molecular complexity index is 963. The van der Waals surface area contributed by atoms with Gasteiger partial charge in [0.1, 0.15) is 18.2 Å². The van der Waals surface area contributed by atoms with Crippen LogP contribution in [-0.4, -0.2) is 20.8 Å². The molecule has 0 bridgehead atoms. The molecule has 4 nitrogen and oxygen atoms in total. The van der Waals surface area contributed by atoms with Crippen LogP contribution < -0.4 is 19.5 Å². The number of methoxy groups -OCH3 is 2. The molecule has 3 aromatic rings. The molecule has 0 amide bonds. The van der Waals surface area contributed by atoms with E-state index in [4.69, 9.17) is 14.2 Å². The van der Waals surface area contributed by atoms with Crippen molar-refractivity contribution in [2.45, 2.75) is 19.6 Å². The summed E-state index contributed by atoms with van der Waals surface area (Å²) in [6.07, 6.45) is 0.923. The first-order valence-corrected chi connectivity index (χ1v) is 10.5. The highest BCUT2D eigenvalue weighted by Crippen LogP contribution is 2.37. The number of ether oxygens (including phenoxy) is 3. The number of rotatable bonds is 10. The first kappa shape index (κ1) is 22.1. The van der Waals surface area contributed by atoms with Gasteiger partial charge in [-0.3, -0.25) is 0 Å². The number of halogens is 2. The molecular formula is C24H25BrFNO3. The zero-order chi connectivity index (χ0) is 21.3. The molecule has 0 unspecified atom stereocenters. The average Bonchev–Trinajstić information content (AvgIpc) is 2.77. The van der Waals surface area contributed by atoms with Crippen molar-refractivity contribution in [3.63, 3.8) is 0 Å². The van der Waals surface area contributed by atoms with Crippen LogP contribution in [0.15, 0.2) is 65.1 Å². The highest BCUT2D eigenvalue weighted by atomic mass is 79.9. The predicted molar refractivity (Wildman–Crippen MR) is 120 cm³/mol. The Balaban J connectivity index is 1.57. The van der Waals surface area contributed by atoms with Crippen LogP contribution in [-0.2, 0) is 19.6 Å². The molecule has 1 N–H and O–H groups in total. The van der Waals surface area contributed by atoms with Crippen LogP contribution in [0.3, 0.4) is 0 Å². The van der Waals surface area contributed by atoms with Crippen LogP contribution in [0.5, 0.6) is 17.2 Å². The van der Waals surface area contributed by atoms with E-state index < -0.39 is 0 Å². The molecule has 30 heavy (non-hydrogen) atoms. The van der Waals surface area contributed by atoms with Crippen molar-refractivity contribution in [1.29, 1.82) is 0 Å². The van der Waals surface area contributed by atoms with Crippen LogP contribution in [0.4, 0.5) is 4.39 Å². The molecule has 3 aromatic carbocycles. The molecule has 0 aromatic heterocycles. The molecular weight excluding hydrogens is 449 g/mol.